The van der Waals surface area contributed by atoms with Gasteiger partial charge in [0.1, 0.15) is 10.7 Å². The summed E-state index contributed by atoms with van der Waals surface area (Å²) in [5.74, 6) is -4.33. The van der Waals surface area contributed by atoms with Crippen LogP contribution in [0.4, 0.5) is 14.5 Å². The molecule has 8 nitrogen and oxygen atoms in total. The van der Waals surface area contributed by atoms with Gasteiger partial charge in [-0.1, -0.05) is 0 Å². The summed E-state index contributed by atoms with van der Waals surface area (Å²) in [7, 11) is -4.52. The number of nitro benzene ring substituents is 1. The Hall–Kier alpha value is -2.14. The second-order valence-electron chi connectivity index (χ2n) is 3.53. The Morgan fingerprint density at radius 1 is 1.35 bits per heavy atom. The molecule has 2 N–H and O–H groups in total. The maximum atomic E-state index is 13.4. The molecule has 1 aromatic carbocycles. The Kier molecular flexibility index (Phi) is 4.68. The average Bonchev–Trinajstić information content (AvgIpc) is 2.26. The molecule has 0 aliphatic heterocycles. The highest BCUT2D eigenvalue weighted by Gasteiger charge is 2.26. The summed E-state index contributed by atoms with van der Waals surface area (Å²) >= 11 is 0. The van der Waals surface area contributed by atoms with E-state index in [0.29, 0.717) is 0 Å². The first kappa shape index (κ1) is 15.9. The van der Waals surface area contributed by atoms with Crippen molar-refractivity contribution in [3.8, 4) is 0 Å². The minimum atomic E-state index is -4.52. The number of benzene rings is 1. The molecule has 0 fully saturated rings. The van der Waals surface area contributed by atoms with Crippen LogP contribution in [0.15, 0.2) is 17.0 Å². The number of carboxylic acid groups (broad SMARTS) is 1. The molecule has 0 unspecified atom stereocenters. The minimum Gasteiger partial charge on any atom is -0.481 e. The van der Waals surface area contributed by atoms with Gasteiger partial charge in [-0.25, -0.2) is 17.5 Å². The molecule has 0 heterocycles. The van der Waals surface area contributed by atoms with E-state index < -0.39 is 56.1 Å². The maximum Gasteiger partial charge on any atom is 0.306 e. The van der Waals surface area contributed by atoms with E-state index in [2.05, 4.69) is 0 Å². The lowest BCUT2D eigenvalue weighted by Gasteiger charge is -2.07. The summed E-state index contributed by atoms with van der Waals surface area (Å²) < 4.78 is 51.4. The van der Waals surface area contributed by atoms with E-state index in [9.17, 15) is 32.1 Å². The summed E-state index contributed by atoms with van der Waals surface area (Å²) in [4.78, 5) is 18.4. The molecular weight excluding hydrogens is 302 g/mol. The fraction of sp³-hybridized carbons (Fsp3) is 0.222. The van der Waals surface area contributed by atoms with Crippen molar-refractivity contribution in [1.29, 1.82) is 0 Å². The van der Waals surface area contributed by atoms with Gasteiger partial charge in [0.05, 0.1) is 11.3 Å². The maximum absolute atomic E-state index is 13.4. The first-order valence-corrected chi connectivity index (χ1v) is 6.48. The lowest BCUT2D eigenvalue weighted by molar-refractivity contribution is -0.387. The summed E-state index contributed by atoms with van der Waals surface area (Å²) in [6, 6.07) is 0.303. The fourth-order valence-corrected chi connectivity index (χ4v) is 2.34. The molecule has 0 bridgehead atoms. The molecule has 11 heteroatoms. The summed E-state index contributed by atoms with van der Waals surface area (Å²) in [5, 5.41) is 18.8. The van der Waals surface area contributed by atoms with Crippen molar-refractivity contribution in [3.05, 3.63) is 33.9 Å². The fourth-order valence-electron chi connectivity index (χ4n) is 1.23. The SMILES string of the molecule is O=C(O)CCNS(=O)(=O)c1cc([N+](=O)[O-])c(F)cc1F. The Morgan fingerprint density at radius 2 is 1.95 bits per heavy atom. The van der Waals surface area contributed by atoms with Crippen molar-refractivity contribution in [3.63, 3.8) is 0 Å². The molecule has 20 heavy (non-hydrogen) atoms. The number of sulfonamides is 1. The lowest BCUT2D eigenvalue weighted by Crippen LogP contribution is -2.27. The van der Waals surface area contributed by atoms with Crippen LogP contribution < -0.4 is 4.72 Å². The minimum absolute atomic E-state index is 0.0733. The summed E-state index contributed by atoms with van der Waals surface area (Å²) in [5.41, 5.74) is -1.20. The molecule has 0 atom stereocenters. The van der Waals surface area contributed by atoms with Crippen LogP contribution in [-0.2, 0) is 14.8 Å². The number of hydrogen-bond donors (Lipinski definition) is 2. The van der Waals surface area contributed by atoms with Gasteiger partial charge >= 0.3 is 11.7 Å². The summed E-state index contributed by atoms with van der Waals surface area (Å²) in [6.45, 7) is -0.539. The Bertz CT molecular complexity index is 661. The number of halogens is 2. The van der Waals surface area contributed by atoms with E-state index in [4.69, 9.17) is 5.11 Å². The zero-order valence-electron chi connectivity index (χ0n) is 9.67. The average molecular weight is 310 g/mol. The standard InChI is InChI=1S/C9H8F2N2O6S/c10-5-3-6(11)8(4-7(5)13(16)17)20(18,19)12-2-1-9(14)15/h3-4,12H,1-2H2,(H,14,15). The van der Waals surface area contributed by atoms with Crippen LogP contribution in [0.2, 0.25) is 0 Å². The first-order chi connectivity index (χ1) is 9.15. The number of carboxylic acids is 1. The van der Waals surface area contributed by atoms with Gasteiger partial charge < -0.3 is 5.11 Å². The van der Waals surface area contributed by atoms with Crippen molar-refractivity contribution in [2.24, 2.45) is 0 Å². The van der Waals surface area contributed by atoms with E-state index in [0.717, 1.165) is 0 Å². The van der Waals surface area contributed by atoms with Gasteiger partial charge in [-0.2, -0.15) is 4.39 Å². The lowest BCUT2D eigenvalue weighted by atomic mass is 10.3. The molecular formula is C9H8F2N2O6S. The van der Waals surface area contributed by atoms with Gasteiger partial charge in [0.25, 0.3) is 0 Å². The monoisotopic (exact) mass is 310 g/mol. The second kappa shape index (κ2) is 5.88. The molecule has 0 aliphatic carbocycles. The van der Waals surface area contributed by atoms with Crippen molar-refractivity contribution in [1.82, 2.24) is 4.72 Å². The molecule has 1 rings (SSSR count). The zero-order chi connectivity index (χ0) is 15.5. The van der Waals surface area contributed by atoms with Gasteiger partial charge in [0.2, 0.25) is 15.8 Å². The number of aliphatic carboxylic acids is 1. The van der Waals surface area contributed by atoms with Gasteiger partial charge in [-0.05, 0) is 0 Å². The van der Waals surface area contributed by atoms with Crippen molar-refractivity contribution < 1.29 is 32.0 Å². The largest absolute Gasteiger partial charge is 0.481 e. The normalized spacial score (nSPS) is 11.3. The third kappa shape index (κ3) is 3.68. The highest BCUT2D eigenvalue weighted by atomic mass is 32.2. The van der Waals surface area contributed by atoms with Crippen LogP contribution in [0.25, 0.3) is 0 Å². The van der Waals surface area contributed by atoms with E-state index in [-0.39, 0.29) is 12.1 Å². The smallest absolute Gasteiger partial charge is 0.306 e. The molecule has 0 amide bonds. The predicted octanol–water partition coefficient (Wildman–Crippen LogP) is 0.626. The molecule has 0 aliphatic rings. The number of nitrogens with one attached hydrogen (secondary N) is 1. The number of nitrogens with zero attached hydrogens (tertiary/aromatic N) is 1. The second-order valence-corrected chi connectivity index (χ2v) is 5.27. The molecule has 0 saturated heterocycles. The highest BCUT2D eigenvalue weighted by molar-refractivity contribution is 7.89. The Labute approximate surface area is 111 Å². The molecule has 0 radical (unpaired) electrons. The van der Waals surface area contributed by atoms with Crippen molar-refractivity contribution >= 4 is 21.7 Å². The van der Waals surface area contributed by atoms with E-state index in [1.54, 1.807) is 4.72 Å². The van der Waals surface area contributed by atoms with Crippen LogP contribution in [0, 0.1) is 21.7 Å². The molecule has 0 saturated carbocycles. The van der Waals surface area contributed by atoms with Crippen LogP contribution in [0.5, 0.6) is 0 Å². The molecule has 0 aromatic heterocycles. The van der Waals surface area contributed by atoms with E-state index in [1.807, 2.05) is 0 Å². The van der Waals surface area contributed by atoms with Crippen molar-refractivity contribution in [2.45, 2.75) is 11.3 Å². The van der Waals surface area contributed by atoms with Crippen LogP contribution in [0.1, 0.15) is 6.42 Å². The van der Waals surface area contributed by atoms with Crippen molar-refractivity contribution in [2.75, 3.05) is 6.54 Å². The van der Waals surface area contributed by atoms with Gasteiger partial charge in [0, 0.05) is 18.7 Å². The third-order valence-electron chi connectivity index (χ3n) is 2.12. The highest BCUT2D eigenvalue weighted by Crippen LogP contribution is 2.24. The van der Waals surface area contributed by atoms with Crippen LogP contribution >= 0.6 is 0 Å². The first-order valence-electron chi connectivity index (χ1n) is 5.00. The van der Waals surface area contributed by atoms with Gasteiger partial charge in [0.15, 0.2) is 0 Å². The third-order valence-corrected chi connectivity index (χ3v) is 3.59. The Balaban J connectivity index is 3.14. The van der Waals surface area contributed by atoms with Gasteiger partial charge in [-0.15, -0.1) is 0 Å². The van der Waals surface area contributed by atoms with Crippen LogP contribution in [-0.4, -0.2) is 31.0 Å². The van der Waals surface area contributed by atoms with Gasteiger partial charge in [-0.3, -0.25) is 14.9 Å². The quantitative estimate of drug-likeness (QED) is 0.586. The van der Waals surface area contributed by atoms with Crippen LogP contribution in [0.3, 0.4) is 0 Å². The van der Waals surface area contributed by atoms with E-state index in [1.165, 1.54) is 0 Å². The molecule has 1 aromatic rings. The van der Waals surface area contributed by atoms with E-state index >= 15 is 0 Å². The number of rotatable bonds is 6. The zero-order valence-corrected chi connectivity index (χ0v) is 10.5. The molecule has 110 valence electrons. The molecule has 0 spiro atoms. The number of nitro groups is 1. The Morgan fingerprint density at radius 3 is 2.45 bits per heavy atom. The predicted molar refractivity (Wildman–Crippen MR) is 60.5 cm³/mol. The number of hydrogen-bond acceptors (Lipinski definition) is 5. The topological polar surface area (TPSA) is 127 Å². The number of carbonyl (C=O) groups is 1. The summed E-state index contributed by atoms with van der Waals surface area (Å²) in [6.07, 6.45) is -0.565.